The van der Waals surface area contributed by atoms with E-state index in [4.69, 9.17) is 16.6 Å². The summed E-state index contributed by atoms with van der Waals surface area (Å²) in [6.45, 7) is 3.39. The van der Waals surface area contributed by atoms with Gasteiger partial charge >= 0.3 is 0 Å². The van der Waals surface area contributed by atoms with E-state index < -0.39 is 5.60 Å². The van der Waals surface area contributed by atoms with E-state index in [0.717, 1.165) is 48.5 Å². The molecule has 1 amide bonds. The lowest BCUT2D eigenvalue weighted by molar-refractivity contribution is 0.0118. The van der Waals surface area contributed by atoms with Crippen LogP contribution in [-0.2, 0) is 5.60 Å². The number of nitrogens with one attached hydrogen (secondary N) is 1. The lowest BCUT2D eigenvalue weighted by Gasteiger charge is -2.39. The second-order valence-electron chi connectivity index (χ2n) is 11.3. The molecular formula is C31H36ClN7O2. The number of carbonyl (C=O) groups is 1. The molecule has 0 saturated carbocycles. The van der Waals surface area contributed by atoms with Crippen molar-refractivity contribution < 1.29 is 9.90 Å². The molecular weight excluding hydrogens is 538 g/mol. The van der Waals surface area contributed by atoms with Crippen molar-refractivity contribution in [1.29, 1.82) is 0 Å². The Hall–Kier alpha value is -3.66. The number of nitrogens with zero attached hydrogens (tertiary/aromatic N) is 6. The summed E-state index contributed by atoms with van der Waals surface area (Å²) in [7, 11) is 4.03. The van der Waals surface area contributed by atoms with Crippen LogP contribution in [0, 0.1) is 0 Å². The standard InChI is InChI=1S/C31H36ClN7O2/c1-36-17-12-26(13-18-36)37(2)29(40)22-8-10-25(11-9-22)33-30-34-28-27(7-4-16-39(28)35-30)38-19-14-31(41,15-20-38)23-5-3-6-24(32)21-23/h3-11,16,21,26,41H,12-15,17-20H2,1-2H3,(H,33,35). The molecule has 2 aliphatic rings. The molecule has 2 N–H and O–H groups in total. The summed E-state index contributed by atoms with van der Waals surface area (Å²) in [6.07, 6.45) is 5.06. The van der Waals surface area contributed by atoms with Gasteiger partial charge in [0.05, 0.1) is 11.3 Å². The number of carbonyl (C=O) groups excluding carboxylic acids is 1. The number of halogens is 1. The topological polar surface area (TPSA) is 89.2 Å². The van der Waals surface area contributed by atoms with Crippen LogP contribution in [-0.4, -0.2) is 81.7 Å². The van der Waals surface area contributed by atoms with E-state index in [1.807, 2.05) is 78.8 Å². The minimum Gasteiger partial charge on any atom is -0.385 e. The van der Waals surface area contributed by atoms with Crippen molar-refractivity contribution in [2.24, 2.45) is 0 Å². The van der Waals surface area contributed by atoms with Crippen LogP contribution in [0.5, 0.6) is 0 Å². The highest BCUT2D eigenvalue weighted by Crippen LogP contribution is 2.36. The second kappa shape index (κ2) is 11.3. The van der Waals surface area contributed by atoms with E-state index in [2.05, 4.69) is 27.3 Å². The Balaban J connectivity index is 1.12. The van der Waals surface area contributed by atoms with Crippen LogP contribution < -0.4 is 10.2 Å². The zero-order chi connectivity index (χ0) is 28.6. The molecule has 214 valence electrons. The van der Waals surface area contributed by atoms with E-state index in [-0.39, 0.29) is 11.9 Å². The van der Waals surface area contributed by atoms with E-state index in [1.54, 1.807) is 4.52 Å². The van der Waals surface area contributed by atoms with Crippen LogP contribution >= 0.6 is 11.6 Å². The van der Waals surface area contributed by atoms with Crippen molar-refractivity contribution in [3.05, 3.63) is 83.0 Å². The van der Waals surface area contributed by atoms with Gasteiger partial charge in [0.2, 0.25) is 5.95 Å². The summed E-state index contributed by atoms with van der Waals surface area (Å²) in [5.74, 6) is 0.526. The summed E-state index contributed by atoms with van der Waals surface area (Å²) in [6, 6.07) is 19.3. The van der Waals surface area contributed by atoms with Crippen LogP contribution in [0.1, 0.15) is 41.6 Å². The molecule has 0 radical (unpaired) electrons. The Morgan fingerprint density at radius 1 is 1.05 bits per heavy atom. The number of fused-ring (bicyclic) bond motifs is 1. The number of anilines is 3. The number of pyridine rings is 1. The van der Waals surface area contributed by atoms with Crippen molar-refractivity contribution in [3.63, 3.8) is 0 Å². The average Bonchev–Trinajstić information content (AvgIpc) is 3.40. The highest BCUT2D eigenvalue weighted by Gasteiger charge is 2.35. The predicted molar refractivity (Wildman–Crippen MR) is 162 cm³/mol. The zero-order valence-electron chi connectivity index (χ0n) is 23.5. The number of aliphatic hydroxyl groups is 1. The Morgan fingerprint density at radius 3 is 2.49 bits per heavy atom. The van der Waals surface area contributed by atoms with Crippen LogP contribution in [0.4, 0.5) is 17.3 Å². The third-order valence-electron chi connectivity index (χ3n) is 8.58. The molecule has 2 aliphatic heterocycles. The van der Waals surface area contributed by atoms with Crippen LogP contribution in [0.2, 0.25) is 5.02 Å². The van der Waals surface area contributed by atoms with E-state index in [0.29, 0.717) is 42.5 Å². The first-order chi connectivity index (χ1) is 19.8. The Bertz CT molecular complexity index is 1520. The SMILES string of the molecule is CN1CCC(N(C)C(=O)c2ccc(Nc3nc4c(N5CCC(O)(c6cccc(Cl)c6)CC5)cccn4n3)cc2)CC1. The Kier molecular flexibility index (Phi) is 7.59. The van der Waals surface area contributed by atoms with Gasteiger partial charge in [-0.1, -0.05) is 23.7 Å². The van der Waals surface area contributed by atoms with Gasteiger partial charge in [0.15, 0.2) is 5.65 Å². The summed E-state index contributed by atoms with van der Waals surface area (Å²) in [5, 5.41) is 19.9. The van der Waals surface area contributed by atoms with Crippen molar-refractivity contribution in [2.45, 2.75) is 37.3 Å². The van der Waals surface area contributed by atoms with Crippen molar-refractivity contribution in [1.82, 2.24) is 24.4 Å². The van der Waals surface area contributed by atoms with E-state index in [1.165, 1.54) is 0 Å². The molecule has 4 aromatic rings. The van der Waals surface area contributed by atoms with Gasteiger partial charge in [-0.05, 0) is 99.9 Å². The maximum Gasteiger partial charge on any atom is 0.253 e. The molecule has 0 aliphatic carbocycles. The van der Waals surface area contributed by atoms with E-state index in [9.17, 15) is 9.90 Å². The number of piperidine rings is 2. The summed E-state index contributed by atoms with van der Waals surface area (Å²) < 4.78 is 1.77. The minimum atomic E-state index is -0.900. The van der Waals surface area contributed by atoms with Crippen LogP contribution in [0.25, 0.3) is 5.65 Å². The van der Waals surface area contributed by atoms with Gasteiger partial charge in [-0.25, -0.2) is 4.52 Å². The minimum absolute atomic E-state index is 0.0467. The van der Waals surface area contributed by atoms with Gasteiger partial charge in [0.25, 0.3) is 5.91 Å². The first-order valence-electron chi connectivity index (χ1n) is 14.2. The van der Waals surface area contributed by atoms with Crippen LogP contribution in [0.15, 0.2) is 66.9 Å². The largest absolute Gasteiger partial charge is 0.385 e. The summed E-state index contributed by atoms with van der Waals surface area (Å²) >= 11 is 6.18. The summed E-state index contributed by atoms with van der Waals surface area (Å²) in [5.41, 5.74) is 3.16. The first kappa shape index (κ1) is 27.5. The van der Waals surface area contributed by atoms with Crippen molar-refractivity contribution >= 4 is 40.5 Å². The molecule has 0 unspecified atom stereocenters. The number of benzene rings is 2. The smallest absolute Gasteiger partial charge is 0.253 e. The van der Waals surface area contributed by atoms with Gasteiger partial charge < -0.3 is 25.1 Å². The fraction of sp³-hybridized carbons (Fsp3) is 0.387. The zero-order valence-corrected chi connectivity index (χ0v) is 24.3. The van der Waals surface area contributed by atoms with Gasteiger partial charge in [0, 0.05) is 48.6 Å². The molecule has 41 heavy (non-hydrogen) atoms. The molecule has 10 heteroatoms. The lowest BCUT2D eigenvalue weighted by Crippen LogP contribution is -2.44. The average molecular weight is 574 g/mol. The highest BCUT2D eigenvalue weighted by molar-refractivity contribution is 6.30. The third kappa shape index (κ3) is 5.75. The number of rotatable bonds is 6. The monoisotopic (exact) mass is 573 g/mol. The molecule has 0 spiro atoms. The molecule has 2 aromatic carbocycles. The molecule has 2 fully saturated rings. The fourth-order valence-corrected chi connectivity index (χ4v) is 6.14. The molecule has 9 nitrogen and oxygen atoms in total. The van der Waals surface area contributed by atoms with Gasteiger partial charge in [0.1, 0.15) is 0 Å². The molecule has 2 saturated heterocycles. The maximum atomic E-state index is 13.1. The number of hydrogen-bond donors (Lipinski definition) is 2. The molecule has 0 atom stereocenters. The van der Waals surface area contributed by atoms with Gasteiger partial charge in [-0.15, -0.1) is 5.10 Å². The molecule has 4 heterocycles. The van der Waals surface area contributed by atoms with Gasteiger partial charge in [-0.2, -0.15) is 4.98 Å². The van der Waals surface area contributed by atoms with Crippen molar-refractivity contribution in [3.8, 4) is 0 Å². The normalized spacial score (nSPS) is 18.0. The molecule has 6 rings (SSSR count). The Labute approximate surface area is 245 Å². The predicted octanol–water partition coefficient (Wildman–Crippen LogP) is 4.78. The number of hydrogen-bond acceptors (Lipinski definition) is 7. The third-order valence-corrected chi connectivity index (χ3v) is 8.81. The Morgan fingerprint density at radius 2 is 1.78 bits per heavy atom. The number of likely N-dealkylation sites (tertiary alicyclic amines) is 1. The fourth-order valence-electron chi connectivity index (χ4n) is 5.95. The van der Waals surface area contributed by atoms with E-state index >= 15 is 0 Å². The van der Waals surface area contributed by atoms with Crippen molar-refractivity contribution in [2.75, 3.05) is 50.5 Å². The second-order valence-corrected chi connectivity index (χ2v) is 11.7. The molecule has 0 bridgehead atoms. The molecule has 2 aromatic heterocycles. The maximum absolute atomic E-state index is 13.1. The quantitative estimate of drug-likeness (QED) is 0.343. The first-order valence-corrected chi connectivity index (χ1v) is 14.6. The number of aromatic nitrogens is 3. The van der Waals surface area contributed by atoms with Gasteiger partial charge in [-0.3, -0.25) is 4.79 Å². The lowest BCUT2D eigenvalue weighted by atomic mass is 9.84. The highest BCUT2D eigenvalue weighted by atomic mass is 35.5. The van der Waals surface area contributed by atoms with Crippen LogP contribution in [0.3, 0.4) is 0 Å². The number of amides is 1. The summed E-state index contributed by atoms with van der Waals surface area (Å²) in [4.78, 5) is 24.3.